The topological polar surface area (TPSA) is 58.4 Å². The van der Waals surface area contributed by atoms with Gasteiger partial charge in [-0.2, -0.15) is 0 Å². The predicted octanol–water partition coefficient (Wildman–Crippen LogP) is 2.62. The molecule has 2 aliphatic rings. The minimum absolute atomic E-state index is 0.115. The monoisotopic (exact) mass is 325 g/mol. The summed E-state index contributed by atoms with van der Waals surface area (Å²) in [6, 6.07) is 8.11. The number of piperidine rings is 1. The Kier molecular flexibility index (Phi) is 3.88. The number of carbonyl (C=O) groups is 1. The summed E-state index contributed by atoms with van der Waals surface area (Å²) in [5.41, 5.74) is 1.06. The van der Waals surface area contributed by atoms with Crippen LogP contribution in [0.15, 0.2) is 41.1 Å². The number of likely N-dealkylation sites (tertiary alicyclic amines) is 1. The molecule has 2 fully saturated rings. The number of hydrogen-bond donors (Lipinski definition) is 1. The Balaban J connectivity index is 1.47. The van der Waals surface area contributed by atoms with Crippen molar-refractivity contribution in [1.29, 1.82) is 0 Å². The molecule has 2 saturated heterocycles. The summed E-state index contributed by atoms with van der Waals surface area (Å²) in [5, 5.41) is 3.29. The van der Waals surface area contributed by atoms with E-state index in [4.69, 9.17) is 4.42 Å². The molecule has 2 aliphatic heterocycles. The van der Waals surface area contributed by atoms with Gasteiger partial charge in [-0.1, -0.05) is 6.07 Å². The molecule has 1 spiro atoms. The molecule has 1 unspecified atom stereocenters. The summed E-state index contributed by atoms with van der Waals surface area (Å²) in [6.07, 6.45) is 6.21. The van der Waals surface area contributed by atoms with Crippen LogP contribution in [0.4, 0.5) is 0 Å². The molecular weight excluding hydrogens is 302 g/mol. The van der Waals surface area contributed by atoms with Crippen LogP contribution < -0.4 is 5.32 Å². The maximum atomic E-state index is 12.1. The molecule has 0 aromatic carbocycles. The first kappa shape index (κ1) is 15.4. The third-order valence-electron chi connectivity index (χ3n) is 5.46. The lowest BCUT2D eigenvalue weighted by Crippen LogP contribution is -2.53. The van der Waals surface area contributed by atoms with E-state index in [0.717, 1.165) is 44.0 Å². The Morgan fingerprint density at radius 1 is 1.33 bits per heavy atom. The second-order valence-electron chi connectivity index (χ2n) is 7.04. The molecule has 126 valence electrons. The van der Waals surface area contributed by atoms with E-state index >= 15 is 0 Å². The van der Waals surface area contributed by atoms with Crippen LogP contribution in [0.3, 0.4) is 0 Å². The van der Waals surface area contributed by atoms with Gasteiger partial charge in [0.15, 0.2) is 0 Å². The molecule has 0 aliphatic carbocycles. The largest absolute Gasteiger partial charge is 0.465 e. The van der Waals surface area contributed by atoms with Gasteiger partial charge in [0.25, 0.3) is 0 Å². The van der Waals surface area contributed by atoms with Crippen molar-refractivity contribution in [2.45, 2.75) is 44.2 Å². The van der Waals surface area contributed by atoms with E-state index in [0.29, 0.717) is 6.42 Å². The van der Waals surface area contributed by atoms with Gasteiger partial charge in [-0.05, 0) is 43.5 Å². The third kappa shape index (κ3) is 2.84. The highest BCUT2D eigenvalue weighted by molar-refractivity contribution is 5.81. The van der Waals surface area contributed by atoms with E-state index in [1.807, 2.05) is 25.3 Å². The van der Waals surface area contributed by atoms with Crippen LogP contribution >= 0.6 is 0 Å². The fraction of sp³-hybridized carbons (Fsp3) is 0.474. The Morgan fingerprint density at radius 2 is 2.17 bits per heavy atom. The van der Waals surface area contributed by atoms with Crippen LogP contribution in [0.1, 0.15) is 42.3 Å². The second kappa shape index (κ2) is 6.06. The van der Waals surface area contributed by atoms with E-state index < -0.39 is 0 Å². The van der Waals surface area contributed by atoms with Crippen LogP contribution in [0.5, 0.6) is 0 Å². The molecule has 24 heavy (non-hydrogen) atoms. The molecule has 1 amide bonds. The van der Waals surface area contributed by atoms with Gasteiger partial charge in [0.2, 0.25) is 5.91 Å². The lowest BCUT2D eigenvalue weighted by Gasteiger charge is -2.42. The van der Waals surface area contributed by atoms with Gasteiger partial charge in [-0.15, -0.1) is 0 Å². The van der Waals surface area contributed by atoms with Crippen molar-refractivity contribution in [3.05, 3.63) is 53.7 Å². The van der Waals surface area contributed by atoms with Crippen LogP contribution in [0.2, 0.25) is 0 Å². The van der Waals surface area contributed by atoms with Gasteiger partial charge in [-0.25, -0.2) is 0 Å². The van der Waals surface area contributed by atoms with Crippen molar-refractivity contribution in [3.8, 4) is 0 Å². The van der Waals surface area contributed by atoms with Crippen molar-refractivity contribution in [3.63, 3.8) is 0 Å². The highest BCUT2D eigenvalue weighted by Crippen LogP contribution is 2.43. The molecular formula is C19H23N3O2. The quantitative estimate of drug-likeness (QED) is 0.942. The molecule has 4 rings (SSSR count). The summed E-state index contributed by atoms with van der Waals surface area (Å²) >= 11 is 0. The molecule has 0 radical (unpaired) electrons. The number of furan rings is 1. The summed E-state index contributed by atoms with van der Waals surface area (Å²) in [4.78, 5) is 18.8. The van der Waals surface area contributed by atoms with Gasteiger partial charge in [0, 0.05) is 43.4 Å². The minimum Gasteiger partial charge on any atom is -0.465 e. The fourth-order valence-electron chi connectivity index (χ4n) is 4.19. The molecule has 1 N–H and O–H groups in total. The Bertz CT molecular complexity index is 717. The van der Waals surface area contributed by atoms with E-state index in [-0.39, 0.29) is 17.4 Å². The molecule has 0 saturated carbocycles. The fourth-order valence-corrected chi connectivity index (χ4v) is 4.19. The number of aryl methyl sites for hydroxylation is 1. The molecule has 5 heteroatoms. The Labute approximate surface area is 142 Å². The number of aromatic nitrogens is 1. The zero-order chi connectivity index (χ0) is 16.6. The van der Waals surface area contributed by atoms with E-state index in [1.54, 1.807) is 6.20 Å². The minimum atomic E-state index is -0.115. The standard InChI is InChI=1S/C19H23N3O2/c1-14-4-5-16(24-14)13-22-9-6-19(7-10-22)17(11-18(23)21-19)15-3-2-8-20-12-15/h2-5,8,12,17H,6-7,9-11,13H2,1H3,(H,21,23). The smallest absolute Gasteiger partial charge is 0.221 e. The lowest BCUT2D eigenvalue weighted by atomic mass is 9.75. The van der Waals surface area contributed by atoms with Gasteiger partial charge in [0.1, 0.15) is 11.5 Å². The summed E-state index contributed by atoms with van der Waals surface area (Å²) in [6.45, 7) is 4.75. The predicted molar refractivity (Wildman–Crippen MR) is 90.4 cm³/mol. The normalized spacial score (nSPS) is 23.5. The number of carbonyl (C=O) groups excluding carboxylic acids is 1. The van der Waals surface area contributed by atoms with Crippen LogP contribution in [-0.4, -0.2) is 34.4 Å². The molecule has 5 nitrogen and oxygen atoms in total. The molecule has 1 atom stereocenters. The van der Waals surface area contributed by atoms with Crippen molar-refractivity contribution < 1.29 is 9.21 Å². The third-order valence-corrected chi connectivity index (χ3v) is 5.46. The van der Waals surface area contributed by atoms with Gasteiger partial charge in [0.05, 0.1) is 6.54 Å². The van der Waals surface area contributed by atoms with Crippen LogP contribution in [0.25, 0.3) is 0 Å². The lowest BCUT2D eigenvalue weighted by molar-refractivity contribution is -0.120. The summed E-state index contributed by atoms with van der Waals surface area (Å²) in [7, 11) is 0. The number of rotatable bonds is 3. The zero-order valence-corrected chi connectivity index (χ0v) is 14.0. The van der Waals surface area contributed by atoms with Gasteiger partial charge >= 0.3 is 0 Å². The van der Waals surface area contributed by atoms with Crippen molar-refractivity contribution in [2.24, 2.45) is 0 Å². The SMILES string of the molecule is Cc1ccc(CN2CCC3(CC2)NC(=O)CC3c2cccnc2)o1. The van der Waals surface area contributed by atoms with Gasteiger partial charge < -0.3 is 9.73 Å². The molecule has 2 aromatic rings. The van der Waals surface area contributed by atoms with E-state index in [2.05, 4.69) is 27.3 Å². The number of nitrogens with zero attached hydrogens (tertiary/aromatic N) is 2. The first-order valence-corrected chi connectivity index (χ1v) is 8.63. The van der Waals surface area contributed by atoms with Crippen LogP contribution in [0, 0.1) is 6.92 Å². The van der Waals surface area contributed by atoms with Crippen molar-refractivity contribution in [1.82, 2.24) is 15.2 Å². The summed E-state index contributed by atoms with van der Waals surface area (Å²) < 4.78 is 5.69. The first-order valence-electron chi connectivity index (χ1n) is 8.63. The highest BCUT2D eigenvalue weighted by Gasteiger charge is 2.48. The number of pyridine rings is 1. The van der Waals surface area contributed by atoms with Gasteiger partial charge in [-0.3, -0.25) is 14.7 Å². The average molecular weight is 325 g/mol. The molecule has 0 bridgehead atoms. The highest BCUT2D eigenvalue weighted by atomic mass is 16.3. The maximum absolute atomic E-state index is 12.1. The van der Waals surface area contributed by atoms with Crippen LogP contribution in [-0.2, 0) is 11.3 Å². The van der Waals surface area contributed by atoms with Crippen molar-refractivity contribution in [2.75, 3.05) is 13.1 Å². The average Bonchev–Trinajstić information content (AvgIpc) is 3.14. The summed E-state index contributed by atoms with van der Waals surface area (Å²) in [5.74, 6) is 2.37. The first-order chi connectivity index (χ1) is 11.6. The maximum Gasteiger partial charge on any atom is 0.221 e. The van der Waals surface area contributed by atoms with Crippen molar-refractivity contribution >= 4 is 5.91 Å². The number of amides is 1. The second-order valence-corrected chi connectivity index (χ2v) is 7.04. The molecule has 4 heterocycles. The molecule has 2 aromatic heterocycles. The zero-order valence-electron chi connectivity index (χ0n) is 14.0. The Hall–Kier alpha value is -2.14. The Morgan fingerprint density at radius 3 is 2.83 bits per heavy atom. The number of hydrogen-bond acceptors (Lipinski definition) is 4. The van der Waals surface area contributed by atoms with E-state index in [9.17, 15) is 4.79 Å². The van der Waals surface area contributed by atoms with E-state index in [1.165, 1.54) is 5.56 Å². The number of nitrogens with one attached hydrogen (secondary N) is 1.